The smallest absolute Gasteiger partial charge is 0.243 e. The molecule has 178 valence electrons. The Kier molecular flexibility index (Phi) is 7.18. The molecule has 0 atom stereocenters. The van der Waals surface area contributed by atoms with E-state index in [-0.39, 0.29) is 22.5 Å². The van der Waals surface area contributed by atoms with E-state index in [9.17, 15) is 21.6 Å². The van der Waals surface area contributed by atoms with E-state index in [0.717, 1.165) is 18.4 Å². The second kappa shape index (κ2) is 9.92. The van der Waals surface area contributed by atoms with Crippen LogP contribution in [0.15, 0.2) is 59.5 Å². The fraction of sp³-hybridized carbons (Fsp3) is 0.435. The minimum Gasteiger partial charge on any atom is -0.326 e. The minimum absolute atomic E-state index is 0.0443. The molecule has 0 bridgehead atoms. The number of piperidine rings is 1. The number of hydrogen-bond donors (Lipinski definition) is 1. The average Bonchev–Trinajstić information content (AvgIpc) is 3.36. The van der Waals surface area contributed by atoms with Crippen molar-refractivity contribution in [2.45, 2.75) is 36.3 Å². The molecule has 2 aromatic rings. The number of carbonyl (C=O) groups excluding carboxylic acids is 1. The summed E-state index contributed by atoms with van der Waals surface area (Å²) < 4.78 is 53.6. The van der Waals surface area contributed by atoms with E-state index in [1.54, 1.807) is 24.3 Å². The second-order valence-electron chi connectivity index (χ2n) is 8.54. The topological polar surface area (TPSA) is 104 Å². The van der Waals surface area contributed by atoms with E-state index < -0.39 is 20.0 Å². The number of nitrogens with one attached hydrogen (secondary N) is 1. The monoisotopic (exact) mass is 491 g/mol. The highest BCUT2D eigenvalue weighted by Crippen LogP contribution is 2.25. The van der Waals surface area contributed by atoms with Crippen molar-refractivity contribution in [3.63, 3.8) is 0 Å². The van der Waals surface area contributed by atoms with Crippen molar-refractivity contribution in [2.24, 2.45) is 5.92 Å². The summed E-state index contributed by atoms with van der Waals surface area (Å²) in [6.45, 7) is 1.70. The number of anilines is 1. The van der Waals surface area contributed by atoms with E-state index >= 15 is 0 Å². The van der Waals surface area contributed by atoms with Crippen LogP contribution in [0.2, 0.25) is 0 Å². The molecule has 0 radical (unpaired) electrons. The SMILES string of the molecule is O=C(Nc1ccc(S(=O)(=O)N2CCCC2)cc1)C1CCN(S(=O)(=O)Cc2ccccc2)CC1. The maximum Gasteiger partial charge on any atom is 0.243 e. The summed E-state index contributed by atoms with van der Waals surface area (Å²) in [4.78, 5) is 12.9. The first-order valence-electron chi connectivity index (χ1n) is 11.2. The molecule has 10 heteroatoms. The molecule has 0 aromatic heterocycles. The van der Waals surface area contributed by atoms with Crippen LogP contribution in [0.3, 0.4) is 0 Å². The number of nitrogens with zero attached hydrogens (tertiary/aromatic N) is 2. The zero-order chi connectivity index (χ0) is 23.5. The molecule has 2 aliphatic heterocycles. The number of hydrogen-bond acceptors (Lipinski definition) is 5. The van der Waals surface area contributed by atoms with Crippen LogP contribution in [0.1, 0.15) is 31.2 Å². The molecule has 0 spiro atoms. The molecule has 1 N–H and O–H groups in total. The molecule has 0 saturated carbocycles. The first kappa shape index (κ1) is 23.9. The van der Waals surface area contributed by atoms with Gasteiger partial charge in [0.25, 0.3) is 0 Å². The average molecular weight is 492 g/mol. The van der Waals surface area contributed by atoms with Crippen molar-refractivity contribution in [2.75, 3.05) is 31.5 Å². The Labute approximate surface area is 195 Å². The van der Waals surface area contributed by atoms with Gasteiger partial charge in [-0.15, -0.1) is 0 Å². The quantitative estimate of drug-likeness (QED) is 0.641. The summed E-state index contributed by atoms with van der Waals surface area (Å²) in [6, 6.07) is 15.3. The van der Waals surface area contributed by atoms with Gasteiger partial charge in [0.15, 0.2) is 0 Å². The van der Waals surface area contributed by atoms with Crippen LogP contribution in [0.5, 0.6) is 0 Å². The molecule has 2 saturated heterocycles. The van der Waals surface area contributed by atoms with Crippen LogP contribution in [-0.4, -0.2) is 57.5 Å². The predicted molar refractivity (Wildman–Crippen MR) is 126 cm³/mol. The summed E-state index contributed by atoms with van der Waals surface area (Å²) in [7, 11) is -6.92. The van der Waals surface area contributed by atoms with Gasteiger partial charge in [-0.25, -0.2) is 21.1 Å². The van der Waals surface area contributed by atoms with Crippen molar-refractivity contribution in [1.29, 1.82) is 0 Å². The third-order valence-corrected chi connectivity index (χ3v) is 10.00. The van der Waals surface area contributed by atoms with Gasteiger partial charge in [-0.1, -0.05) is 30.3 Å². The Morgan fingerprint density at radius 2 is 1.42 bits per heavy atom. The number of amides is 1. The first-order chi connectivity index (χ1) is 15.8. The summed E-state index contributed by atoms with van der Waals surface area (Å²) in [6.07, 6.45) is 2.64. The van der Waals surface area contributed by atoms with Crippen LogP contribution in [-0.2, 0) is 30.6 Å². The van der Waals surface area contributed by atoms with Gasteiger partial charge < -0.3 is 5.32 Å². The van der Waals surface area contributed by atoms with Gasteiger partial charge in [-0.2, -0.15) is 4.31 Å². The predicted octanol–water partition coefficient (Wildman–Crippen LogP) is 2.65. The van der Waals surface area contributed by atoms with Gasteiger partial charge in [-0.05, 0) is 55.5 Å². The van der Waals surface area contributed by atoms with E-state index in [1.165, 1.54) is 20.7 Å². The normalized spacial score (nSPS) is 18.9. The van der Waals surface area contributed by atoms with Crippen LogP contribution in [0.25, 0.3) is 0 Å². The number of benzene rings is 2. The largest absolute Gasteiger partial charge is 0.326 e. The Hall–Kier alpha value is -2.27. The zero-order valence-electron chi connectivity index (χ0n) is 18.4. The molecular weight excluding hydrogens is 462 g/mol. The lowest BCUT2D eigenvalue weighted by atomic mass is 9.97. The fourth-order valence-corrected chi connectivity index (χ4v) is 7.38. The summed E-state index contributed by atoms with van der Waals surface area (Å²) in [5.74, 6) is -0.511. The Morgan fingerprint density at radius 1 is 0.818 bits per heavy atom. The Balaban J connectivity index is 1.31. The summed E-state index contributed by atoms with van der Waals surface area (Å²) >= 11 is 0. The van der Waals surface area contributed by atoms with Crippen LogP contribution in [0, 0.1) is 5.92 Å². The molecular formula is C23H29N3O5S2. The second-order valence-corrected chi connectivity index (χ2v) is 12.4. The van der Waals surface area contributed by atoms with E-state index in [4.69, 9.17) is 0 Å². The van der Waals surface area contributed by atoms with Crippen molar-refractivity contribution < 1.29 is 21.6 Å². The zero-order valence-corrected chi connectivity index (χ0v) is 20.0. The van der Waals surface area contributed by atoms with Crippen molar-refractivity contribution in [3.05, 3.63) is 60.2 Å². The molecule has 1 amide bonds. The standard InChI is InChI=1S/C23H29N3O5S2/c27-23(24-21-8-10-22(11-9-21)33(30,31)26-14-4-5-15-26)20-12-16-25(17-13-20)32(28,29)18-19-6-2-1-3-7-19/h1-3,6-11,20H,4-5,12-18H2,(H,24,27). The maximum absolute atomic E-state index is 12.7. The summed E-state index contributed by atoms with van der Waals surface area (Å²) in [5, 5.41) is 2.84. The third-order valence-electron chi connectivity index (χ3n) is 6.23. The molecule has 0 unspecified atom stereocenters. The van der Waals surface area contributed by atoms with Crippen molar-refractivity contribution in [1.82, 2.24) is 8.61 Å². The number of carbonyl (C=O) groups is 1. The van der Waals surface area contributed by atoms with Gasteiger partial charge in [-0.3, -0.25) is 4.79 Å². The van der Waals surface area contributed by atoms with Crippen LogP contribution in [0.4, 0.5) is 5.69 Å². The molecule has 2 aromatic carbocycles. The molecule has 2 heterocycles. The minimum atomic E-state index is -3.49. The van der Waals surface area contributed by atoms with E-state index in [1.807, 2.05) is 18.2 Å². The lowest BCUT2D eigenvalue weighted by Crippen LogP contribution is -2.41. The van der Waals surface area contributed by atoms with Gasteiger partial charge in [0.1, 0.15) is 0 Å². The summed E-state index contributed by atoms with van der Waals surface area (Å²) in [5.41, 5.74) is 1.27. The van der Waals surface area contributed by atoms with Crippen LogP contribution >= 0.6 is 0 Å². The highest BCUT2D eigenvalue weighted by atomic mass is 32.2. The maximum atomic E-state index is 12.7. The lowest BCUT2D eigenvalue weighted by Gasteiger charge is -2.30. The van der Waals surface area contributed by atoms with Crippen molar-refractivity contribution in [3.8, 4) is 0 Å². The van der Waals surface area contributed by atoms with Crippen molar-refractivity contribution >= 4 is 31.6 Å². The molecule has 2 aliphatic rings. The molecule has 33 heavy (non-hydrogen) atoms. The Bertz CT molecular complexity index is 1170. The van der Waals surface area contributed by atoms with E-state index in [0.29, 0.717) is 44.7 Å². The highest BCUT2D eigenvalue weighted by molar-refractivity contribution is 7.89. The molecule has 4 rings (SSSR count). The highest BCUT2D eigenvalue weighted by Gasteiger charge is 2.31. The molecule has 2 fully saturated rings. The Morgan fingerprint density at radius 3 is 2.03 bits per heavy atom. The van der Waals surface area contributed by atoms with Gasteiger partial charge in [0.2, 0.25) is 26.0 Å². The molecule has 8 nitrogen and oxygen atoms in total. The first-order valence-corrected chi connectivity index (χ1v) is 14.2. The fourth-order valence-electron chi connectivity index (χ4n) is 4.30. The lowest BCUT2D eigenvalue weighted by molar-refractivity contribution is -0.120. The van der Waals surface area contributed by atoms with E-state index in [2.05, 4.69) is 5.32 Å². The molecule has 0 aliphatic carbocycles. The number of sulfonamides is 2. The number of rotatable bonds is 7. The van der Waals surface area contributed by atoms with Crippen LogP contribution < -0.4 is 5.32 Å². The third kappa shape index (κ3) is 5.63. The van der Waals surface area contributed by atoms with Gasteiger partial charge in [0, 0.05) is 37.8 Å². The van der Waals surface area contributed by atoms with Gasteiger partial charge >= 0.3 is 0 Å². The van der Waals surface area contributed by atoms with Gasteiger partial charge in [0.05, 0.1) is 10.6 Å².